The minimum atomic E-state index is -0.0585. The quantitative estimate of drug-likeness (QED) is 0.846. The molecular formula is C16H13NO2. The zero-order chi connectivity index (χ0) is 13.2. The molecule has 1 heterocycles. The second kappa shape index (κ2) is 4.61. The molecule has 0 saturated heterocycles. The van der Waals surface area contributed by atoms with Crippen molar-refractivity contribution < 1.29 is 9.90 Å². The van der Waals surface area contributed by atoms with E-state index < -0.39 is 0 Å². The molecular weight excluding hydrogens is 238 g/mol. The number of fused-ring (bicyclic) bond motifs is 1. The minimum Gasteiger partial charge on any atom is -0.508 e. The highest BCUT2D eigenvalue weighted by atomic mass is 16.3. The molecule has 3 heteroatoms. The van der Waals surface area contributed by atoms with E-state index in [0.717, 1.165) is 11.3 Å². The Morgan fingerprint density at radius 2 is 1.79 bits per heavy atom. The number of hydrogen-bond acceptors (Lipinski definition) is 2. The normalized spacial score (nSPS) is 13.2. The van der Waals surface area contributed by atoms with Gasteiger partial charge in [-0.1, -0.05) is 30.4 Å². The third-order valence-electron chi connectivity index (χ3n) is 3.17. The lowest BCUT2D eigenvalue weighted by molar-refractivity contribution is 0.0989. The number of nitrogens with zero attached hydrogens (tertiary/aromatic N) is 1. The van der Waals surface area contributed by atoms with Gasteiger partial charge in [-0.3, -0.25) is 4.79 Å². The van der Waals surface area contributed by atoms with Gasteiger partial charge in [-0.25, -0.2) is 0 Å². The highest BCUT2D eigenvalue weighted by Gasteiger charge is 2.20. The van der Waals surface area contributed by atoms with Gasteiger partial charge < -0.3 is 10.0 Å². The van der Waals surface area contributed by atoms with E-state index in [1.54, 1.807) is 17.0 Å². The van der Waals surface area contributed by atoms with Crippen molar-refractivity contribution in [2.24, 2.45) is 0 Å². The number of phenolic OH excluding ortho intramolecular Hbond substituents is 1. The first-order valence-corrected chi connectivity index (χ1v) is 6.12. The third-order valence-corrected chi connectivity index (χ3v) is 3.17. The van der Waals surface area contributed by atoms with Crippen LogP contribution < -0.4 is 4.90 Å². The number of hydrogen-bond donors (Lipinski definition) is 1. The summed E-state index contributed by atoms with van der Waals surface area (Å²) in [6.07, 6.45) is 4.00. The van der Waals surface area contributed by atoms with Crippen LogP contribution in [0.2, 0.25) is 0 Å². The fourth-order valence-corrected chi connectivity index (χ4v) is 2.21. The first-order valence-electron chi connectivity index (χ1n) is 6.12. The first-order chi connectivity index (χ1) is 9.25. The summed E-state index contributed by atoms with van der Waals surface area (Å²) in [5.74, 6) is 0.104. The lowest BCUT2D eigenvalue weighted by atomic mass is 10.1. The van der Waals surface area contributed by atoms with Crippen molar-refractivity contribution in [1.29, 1.82) is 0 Å². The molecule has 0 radical (unpaired) electrons. The van der Waals surface area contributed by atoms with E-state index in [1.165, 1.54) is 12.1 Å². The Morgan fingerprint density at radius 1 is 1.05 bits per heavy atom. The molecule has 1 N–H and O–H groups in total. The highest BCUT2D eigenvalue weighted by Crippen LogP contribution is 2.27. The smallest absolute Gasteiger partial charge is 0.258 e. The number of benzene rings is 2. The summed E-state index contributed by atoms with van der Waals surface area (Å²) in [4.78, 5) is 14.2. The van der Waals surface area contributed by atoms with E-state index in [1.807, 2.05) is 36.4 Å². The Balaban J connectivity index is 1.97. The fraction of sp³-hybridized carbons (Fsp3) is 0.0625. The maximum Gasteiger partial charge on any atom is 0.258 e. The number of anilines is 1. The van der Waals surface area contributed by atoms with E-state index in [9.17, 15) is 9.90 Å². The molecule has 3 rings (SSSR count). The Labute approximate surface area is 111 Å². The zero-order valence-electron chi connectivity index (χ0n) is 10.3. The molecule has 19 heavy (non-hydrogen) atoms. The predicted molar refractivity (Wildman–Crippen MR) is 75.3 cm³/mol. The monoisotopic (exact) mass is 251 g/mol. The van der Waals surface area contributed by atoms with Crippen LogP contribution in [0, 0.1) is 0 Å². The van der Waals surface area contributed by atoms with Crippen LogP contribution >= 0.6 is 0 Å². The Bertz CT molecular complexity index is 644. The number of phenols is 1. The number of carbonyl (C=O) groups excluding carboxylic acids is 1. The molecule has 0 atom stereocenters. The molecule has 0 aromatic heterocycles. The van der Waals surface area contributed by atoms with Crippen LogP contribution in [0.3, 0.4) is 0 Å². The minimum absolute atomic E-state index is 0.0585. The van der Waals surface area contributed by atoms with Crippen LogP contribution in [0.4, 0.5) is 5.69 Å². The molecule has 1 amide bonds. The largest absolute Gasteiger partial charge is 0.508 e. The van der Waals surface area contributed by atoms with Crippen LogP contribution in [-0.2, 0) is 0 Å². The molecule has 0 fully saturated rings. The van der Waals surface area contributed by atoms with E-state index in [0.29, 0.717) is 12.1 Å². The number of carbonyl (C=O) groups is 1. The number of amides is 1. The SMILES string of the molecule is O=C(c1ccc(O)cc1)N1CC=Cc2ccccc21. The van der Waals surface area contributed by atoms with Crippen molar-refractivity contribution in [2.75, 3.05) is 11.4 Å². The lowest BCUT2D eigenvalue weighted by Crippen LogP contribution is -2.32. The third kappa shape index (κ3) is 2.10. The number of rotatable bonds is 1. The van der Waals surface area contributed by atoms with Gasteiger partial charge in [-0.2, -0.15) is 0 Å². The second-order valence-electron chi connectivity index (χ2n) is 4.42. The molecule has 0 bridgehead atoms. The molecule has 0 saturated carbocycles. The molecule has 0 unspecified atom stereocenters. The molecule has 2 aromatic rings. The number of aromatic hydroxyl groups is 1. The Morgan fingerprint density at radius 3 is 2.58 bits per heavy atom. The van der Waals surface area contributed by atoms with Gasteiger partial charge in [0.15, 0.2) is 0 Å². The molecule has 0 spiro atoms. The van der Waals surface area contributed by atoms with Gasteiger partial charge in [0, 0.05) is 12.1 Å². The van der Waals surface area contributed by atoms with Gasteiger partial charge >= 0.3 is 0 Å². The van der Waals surface area contributed by atoms with E-state index in [2.05, 4.69) is 0 Å². The fourth-order valence-electron chi connectivity index (χ4n) is 2.21. The highest BCUT2D eigenvalue weighted by molar-refractivity contribution is 6.08. The van der Waals surface area contributed by atoms with Gasteiger partial charge in [-0.15, -0.1) is 0 Å². The molecule has 1 aliphatic rings. The maximum absolute atomic E-state index is 12.5. The summed E-state index contributed by atoms with van der Waals surface area (Å²) in [5.41, 5.74) is 2.53. The summed E-state index contributed by atoms with van der Waals surface area (Å²) in [6.45, 7) is 0.566. The van der Waals surface area contributed by atoms with Gasteiger partial charge in [0.2, 0.25) is 0 Å². The van der Waals surface area contributed by atoms with Gasteiger partial charge in [0.25, 0.3) is 5.91 Å². The average Bonchev–Trinajstić information content (AvgIpc) is 2.47. The topological polar surface area (TPSA) is 40.5 Å². The Kier molecular flexibility index (Phi) is 2.80. The van der Waals surface area contributed by atoms with Crippen molar-refractivity contribution in [3.63, 3.8) is 0 Å². The molecule has 1 aliphatic heterocycles. The van der Waals surface area contributed by atoms with E-state index in [4.69, 9.17) is 0 Å². The maximum atomic E-state index is 12.5. The molecule has 94 valence electrons. The van der Waals surface area contributed by atoms with Crippen molar-refractivity contribution in [3.05, 3.63) is 65.7 Å². The average molecular weight is 251 g/mol. The van der Waals surface area contributed by atoms with Crippen molar-refractivity contribution in [2.45, 2.75) is 0 Å². The van der Waals surface area contributed by atoms with Crippen LogP contribution in [0.1, 0.15) is 15.9 Å². The zero-order valence-corrected chi connectivity index (χ0v) is 10.3. The number of para-hydroxylation sites is 1. The molecule has 2 aromatic carbocycles. The van der Waals surface area contributed by atoms with Crippen molar-refractivity contribution >= 4 is 17.7 Å². The van der Waals surface area contributed by atoms with Crippen molar-refractivity contribution in [3.8, 4) is 5.75 Å². The summed E-state index contributed by atoms with van der Waals surface area (Å²) in [5, 5.41) is 9.27. The summed E-state index contributed by atoms with van der Waals surface area (Å²) in [7, 11) is 0. The van der Waals surface area contributed by atoms with Gasteiger partial charge in [0.1, 0.15) is 5.75 Å². The van der Waals surface area contributed by atoms with Crippen molar-refractivity contribution in [1.82, 2.24) is 0 Å². The first kappa shape index (κ1) is 11.5. The van der Waals surface area contributed by atoms with Gasteiger partial charge in [0.05, 0.1) is 5.69 Å². The van der Waals surface area contributed by atoms with Crippen LogP contribution in [0.5, 0.6) is 5.75 Å². The van der Waals surface area contributed by atoms with Crippen LogP contribution in [0.25, 0.3) is 6.08 Å². The lowest BCUT2D eigenvalue weighted by Gasteiger charge is -2.26. The summed E-state index contributed by atoms with van der Waals surface area (Å²) >= 11 is 0. The van der Waals surface area contributed by atoms with Crippen LogP contribution in [-0.4, -0.2) is 17.6 Å². The summed E-state index contributed by atoms with van der Waals surface area (Å²) < 4.78 is 0. The van der Waals surface area contributed by atoms with E-state index >= 15 is 0 Å². The second-order valence-corrected chi connectivity index (χ2v) is 4.42. The Hall–Kier alpha value is -2.55. The van der Waals surface area contributed by atoms with Crippen LogP contribution in [0.15, 0.2) is 54.6 Å². The summed E-state index contributed by atoms with van der Waals surface area (Å²) in [6, 6.07) is 14.1. The van der Waals surface area contributed by atoms with Gasteiger partial charge in [-0.05, 0) is 35.9 Å². The molecule has 0 aliphatic carbocycles. The standard InChI is InChI=1S/C16H13NO2/c18-14-9-7-13(8-10-14)16(19)17-11-3-5-12-4-1-2-6-15(12)17/h1-10,18H,11H2. The molecule has 3 nitrogen and oxygen atoms in total. The predicted octanol–water partition coefficient (Wildman–Crippen LogP) is 3.07. The van der Waals surface area contributed by atoms with E-state index in [-0.39, 0.29) is 11.7 Å².